The fourth-order valence-corrected chi connectivity index (χ4v) is 1.81. The zero-order valence-electron chi connectivity index (χ0n) is 9.54. The molecule has 1 heterocycles. The molecule has 2 rings (SSSR count). The minimum absolute atomic E-state index is 0.0431. The summed E-state index contributed by atoms with van der Waals surface area (Å²) in [6, 6.07) is 4.11. The molecule has 0 aliphatic carbocycles. The van der Waals surface area contributed by atoms with Crippen LogP contribution in [-0.4, -0.2) is 26.5 Å². The summed E-state index contributed by atoms with van der Waals surface area (Å²) in [6.07, 6.45) is 0. The Hall–Kier alpha value is -2.90. The molecule has 0 unspecified atom stereocenters. The number of aromatic carboxylic acids is 1. The number of fused-ring (bicyclic) bond motifs is 1. The smallest absolute Gasteiger partial charge is 0.337 e. The average molecular weight is 263 g/mol. The molecule has 0 aliphatic rings. The summed E-state index contributed by atoms with van der Waals surface area (Å²) >= 11 is 0. The molecule has 19 heavy (non-hydrogen) atoms. The number of hydrogen-bond acceptors (Lipinski definition) is 4. The van der Waals surface area contributed by atoms with Gasteiger partial charge >= 0.3 is 17.1 Å². The first kappa shape index (κ1) is 12.6. The zero-order valence-corrected chi connectivity index (χ0v) is 9.54. The highest BCUT2D eigenvalue weighted by Gasteiger charge is 2.16. The van der Waals surface area contributed by atoms with E-state index >= 15 is 0 Å². The monoisotopic (exact) mass is 263 g/mol. The topological polar surface area (TPSA) is 135 Å². The van der Waals surface area contributed by atoms with Crippen molar-refractivity contribution in [3.05, 3.63) is 44.5 Å². The van der Waals surface area contributed by atoms with Crippen molar-refractivity contribution in [2.45, 2.75) is 6.54 Å². The Morgan fingerprint density at radius 3 is 2.58 bits per heavy atom. The Labute approximate surface area is 105 Å². The van der Waals surface area contributed by atoms with E-state index in [1.165, 1.54) is 18.2 Å². The molecule has 4 N–H and O–H groups in total. The second-order valence-electron chi connectivity index (χ2n) is 3.82. The van der Waals surface area contributed by atoms with Crippen molar-refractivity contribution in [2.75, 3.05) is 0 Å². The number of aromatic nitrogens is 2. The quantitative estimate of drug-likeness (QED) is 0.602. The first-order chi connectivity index (χ1) is 8.91. The summed E-state index contributed by atoms with van der Waals surface area (Å²) in [7, 11) is 0. The molecule has 98 valence electrons. The third-order valence-corrected chi connectivity index (χ3v) is 2.54. The third kappa shape index (κ3) is 2.10. The van der Waals surface area contributed by atoms with Crippen LogP contribution in [0.1, 0.15) is 10.4 Å². The first-order valence-electron chi connectivity index (χ1n) is 5.19. The number of aromatic amines is 1. The van der Waals surface area contributed by atoms with Gasteiger partial charge in [0.2, 0.25) is 5.91 Å². The van der Waals surface area contributed by atoms with Gasteiger partial charge in [0.1, 0.15) is 6.54 Å². The van der Waals surface area contributed by atoms with Crippen LogP contribution in [0.5, 0.6) is 0 Å². The molecule has 0 saturated heterocycles. The van der Waals surface area contributed by atoms with Gasteiger partial charge in [0, 0.05) is 0 Å². The molecule has 1 aromatic heterocycles. The van der Waals surface area contributed by atoms with Crippen LogP contribution in [0.4, 0.5) is 0 Å². The lowest BCUT2D eigenvalue weighted by Gasteiger charge is -2.09. The van der Waals surface area contributed by atoms with Gasteiger partial charge in [-0.1, -0.05) is 6.07 Å². The maximum absolute atomic E-state index is 11.7. The molecule has 2 aromatic rings. The van der Waals surface area contributed by atoms with Crippen LogP contribution in [0.25, 0.3) is 11.0 Å². The number of hydrogen-bond donors (Lipinski definition) is 3. The molecule has 0 radical (unpaired) electrons. The minimum atomic E-state index is -1.28. The molecule has 1 aromatic carbocycles. The van der Waals surface area contributed by atoms with Crippen molar-refractivity contribution < 1.29 is 14.7 Å². The van der Waals surface area contributed by atoms with E-state index in [0.29, 0.717) is 0 Å². The number of para-hydroxylation sites is 1. The molecule has 8 nitrogen and oxygen atoms in total. The number of rotatable bonds is 3. The maximum Gasteiger partial charge on any atom is 0.337 e. The van der Waals surface area contributed by atoms with E-state index in [0.717, 1.165) is 4.57 Å². The second-order valence-corrected chi connectivity index (χ2v) is 3.82. The van der Waals surface area contributed by atoms with Crippen LogP contribution in [0.15, 0.2) is 27.8 Å². The summed E-state index contributed by atoms with van der Waals surface area (Å²) in [5, 5.41) is 9.08. The molecule has 1 amide bonds. The molecule has 0 aliphatic heterocycles. The van der Waals surface area contributed by atoms with Gasteiger partial charge in [-0.25, -0.2) is 4.79 Å². The number of carbonyl (C=O) groups excluding carboxylic acids is 1. The van der Waals surface area contributed by atoms with E-state index in [9.17, 15) is 19.2 Å². The highest BCUT2D eigenvalue weighted by molar-refractivity contribution is 6.01. The highest BCUT2D eigenvalue weighted by Crippen LogP contribution is 2.14. The summed E-state index contributed by atoms with van der Waals surface area (Å²) in [6.45, 7) is -0.566. The average Bonchev–Trinajstić information content (AvgIpc) is 2.33. The van der Waals surface area contributed by atoms with E-state index in [1.54, 1.807) is 0 Å². The van der Waals surface area contributed by atoms with Crippen molar-refractivity contribution in [3.63, 3.8) is 0 Å². The van der Waals surface area contributed by atoms with E-state index < -0.39 is 29.5 Å². The highest BCUT2D eigenvalue weighted by atomic mass is 16.4. The Morgan fingerprint density at radius 2 is 2.00 bits per heavy atom. The van der Waals surface area contributed by atoms with Crippen molar-refractivity contribution >= 4 is 22.9 Å². The molecule has 0 saturated carbocycles. The van der Waals surface area contributed by atoms with Gasteiger partial charge in [-0.3, -0.25) is 19.0 Å². The Kier molecular flexibility index (Phi) is 2.91. The van der Waals surface area contributed by atoms with Crippen molar-refractivity contribution in [1.29, 1.82) is 0 Å². The number of primary amides is 1. The lowest BCUT2D eigenvalue weighted by atomic mass is 10.1. The van der Waals surface area contributed by atoms with Crippen LogP contribution in [0.2, 0.25) is 0 Å². The van der Waals surface area contributed by atoms with Gasteiger partial charge < -0.3 is 15.8 Å². The van der Waals surface area contributed by atoms with Crippen LogP contribution in [0, 0.1) is 0 Å². The number of nitrogens with one attached hydrogen (secondary N) is 1. The van der Waals surface area contributed by atoms with Crippen LogP contribution < -0.4 is 16.9 Å². The van der Waals surface area contributed by atoms with Gasteiger partial charge in [0.15, 0.2) is 0 Å². The number of H-pyrrole nitrogens is 1. The number of carbonyl (C=O) groups is 2. The van der Waals surface area contributed by atoms with Crippen LogP contribution >= 0.6 is 0 Å². The zero-order chi connectivity index (χ0) is 14.2. The molecule has 0 bridgehead atoms. The number of nitrogens with two attached hydrogens (primary N) is 1. The number of amides is 1. The van der Waals surface area contributed by atoms with Gasteiger partial charge in [-0.2, -0.15) is 0 Å². The Balaban J connectivity index is 3.00. The summed E-state index contributed by atoms with van der Waals surface area (Å²) in [4.78, 5) is 47.5. The standard InChI is InChI=1S/C11H9N3O5/c12-7(15)4-14-8-5(11(18)19)2-1-3-6(8)13-9(16)10(14)17/h1-3H,4H2,(H2,12,15)(H,13,16)(H,18,19). The molecular formula is C11H9N3O5. The Morgan fingerprint density at radius 1 is 1.32 bits per heavy atom. The van der Waals surface area contributed by atoms with Crippen molar-refractivity contribution in [3.8, 4) is 0 Å². The number of carboxylic acids is 1. The van der Waals surface area contributed by atoms with Crippen molar-refractivity contribution in [2.24, 2.45) is 5.73 Å². The van der Waals surface area contributed by atoms with Crippen LogP contribution in [0.3, 0.4) is 0 Å². The lowest BCUT2D eigenvalue weighted by molar-refractivity contribution is -0.118. The van der Waals surface area contributed by atoms with E-state index in [1.807, 2.05) is 0 Å². The summed E-state index contributed by atoms with van der Waals surface area (Å²) in [5.74, 6) is -2.13. The molecular weight excluding hydrogens is 254 g/mol. The second kappa shape index (κ2) is 4.41. The van der Waals surface area contributed by atoms with E-state index in [4.69, 9.17) is 10.8 Å². The van der Waals surface area contributed by atoms with Gasteiger partial charge in [-0.05, 0) is 12.1 Å². The number of benzene rings is 1. The summed E-state index contributed by atoms with van der Waals surface area (Å²) in [5.41, 5.74) is 2.93. The fourth-order valence-electron chi connectivity index (χ4n) is 1.81. The van der Waals surface area contributed by atoms with Gasteiger partial charge in [0.25, 0.3) is 0 Å². The minimum Gasteiger partial charge on any atom is -0.478 e. The van der Waals surface area contributed by atoms with Crippen molar-refractivity contribution in [1.82, 2.24) is 9.55 Å². The first-order valence-corrected chi connectivity index (χ1v) is 5.19. The SMILES string of the molecule is NC(=O)Cn1c(=O)c(=O)[nH]c2cccc(C(=O)O)c21. The lowest BCUT2D eigenvalue weighted by Crippen LogP contribution is -2.39. The predicted octanol–water partition coefficient (Wildman–Crippen LogP) is -1.13. The number of nitrogens with zero attached hydrogens (tertiary/aromatic N) is 1. The Bertz CT molecular complexity index is 802. The predicted molar refractivity (Wildman–Crippen MR) is 65.0 cm³/mol. The van der Waals surface area contributed by atoms with E-state index in [2.05, 4.69) is 4.98 Å². The van der Waals surface area contributed by atoms with E-state index in [-0.39, 0.29) is 16.6 Å². The van der Waals surface area contributed by atoms with Gasteiger partial charge in [0.05, 0.1) is 16.6 Å². The molecule has 0 atom stereocenters. The fraction of sp³-hybridized carbons (Fsp3) is 0.0909. The largest absolute Gasteiger partial charge is 0.478 e. The summed E-state index contributed by atoms with van der Waals surface area (Å²) < 4.78 is 0.764. The normalized spacial score (nSPS) is 10.5. The number of carboxylic acid groups (broad SMARTS) is 1. The van der Waals surface area contributed by atoms with Gasteiger partial charge in [-0.15, -0.1) is 0 Å². The molecule has 0 spiro atoms. The maximum atomic E-state index is 11.7. The van der Waals surface area contributed by atoms with Crippen LogP contribution in [-0.2, 0) is 11.3 Å². The molecule has 8 heteroatoms. The third-order valence-electron chi connectivity index (χ3n) is 2.54. The molecule has 0 fully saturated rings.